The second kappa shape index (κ2) is 9.53. The Morgan fingerprint density at radius 2 is 1.76 bits per heavy atom. The highest BCUT2D eigenvalue weighted by Crippen LogP contribution is 2.53. The molecule has 0 aliphatic heterocycles. The van der Waals surface area contributed by atoms with Crippen molar-refractivity contribution in [3.8, 4) is 0 Å². The zero-order valence-electron chi connectivity index (χ0n) is 19.5. The number of nitrogens with zero attached hydrogens (tertiary/aromatic N) is 2. The molecule has 4 aliphatic rings. The Bertz CT molecular complexity index is 988. The van der Waals surface area contributed by atoms with Crippen LogP contribution in [0.2, 0.25) is 0 Å². The SMILES string of the molecule is CCCSc1c(C(=O)NC2C3CC4CC(C3)CC2C4)cnn1Cc1ccc(C(=O)OC)cc1. The number of hydrogen-bond acceptors (Lipinski definition) is 5. The number of esters is 1. The molecule has 1 N–H and O–H groups in total. The second-order valence-electron chi connectivity index (χ2n) is 9.99. The molecule has 6 nitrogen and oxygen atoms in total. The average molecular weight is 468 g/mol. The molecule has 0 atom stereocenters. The van der Waals surface area contributed by atoms with Crippen molar-refractivity contribution in [1.82, 2.24) is 15.1 Å². The molecule has 176 valence electrons. The van der Waals surface area contributed by atoms with Crippen molar-refractivity contribution in [3.63, 3.8) is 0 Å². The van der Waals surface area contributed by atoms with Crippen LogP contribution in [0.25, 0.3) is 0 Å². The highest BCUT2D eigenvalue weighted by Gasteiger charge is 2.48. The molecule has 0 radical (unpaired) electrons. The number of benzene rings is 1. The van der Waals surface area contributed by atoms with Gasteiger partial charge in [-0.1, -0.05) is 19.1 Å². The Morgan fingerprint density at radius 3 is 2.36 bits per heavy atom. The molecule has 0 saturated heterocycles. The van der Waals surface area contributed by atoms with Crippen LogP contribution in [-0.2, 0) is 11.3 Å². The number of thioether (sulfide) groups is 1. The first-order valence-corrected chi connectivity index (χ1v) is 13.2. The van der Waals surface area contributed by atoms with Gasteiger partial charge in [0.15, 0.2) is 0 Å². The largest absolute Gasteiger partial charge is 0.465 e. The molecule has 0 spiro atoms. The maximum atomic E-state index is 13.4. The second-order valence-corrected chi connectivity index (χ2v) is 11.1. The van der Waals surface area contributed by atoms with Gasteiger partial charge in [0.1, 0.15) is 5.03 Å². The number of carbonyl (C=O) groups excluding carboxylic acids is 2. The summed E-state index contributed by atoms with van der Waals surface area (Å²) in [7, 11) is 1.38. The summed E-state index contributed by atoms with van der Waals surface area (Å²) in [6.45, 7) is 2.70. The molecule has 2 aromatic rings. The quantitative estimate of drug-likeness (QED) is 0.447. The van der Waals surface area contributed by atoms with Crippen LogP contribution in [0.5, 0.6) is 0 Å². The van der Waals surface area contributed by atoms with Crippen molar-refractivity contribution in [2.45, 2.75) is 63.1 Å². The molecule has 0 unspecified atom stereocenters. The highest BCUT2D eigenvalue weighted by atomic mass is 32.2. The lowest BCUT2D eigenvalue weighted by Gasteiger charge is -2.54. The molecule has 1 aromatic heterocycles. The van der Waals surface area contributed by atoms with E-state index in [0.717, 1.165) is 34.6 Å². The number of carbonyl (C=O) groups is 2. The summed E-state index contributed by atoms with van der Waals surface area (Å²) in [5.41, 5.74) is 2.24. The number of rotatable bonds is 8. The van der Waals surface area contributed by atoms with E-state index in [1.807, 2.05) is 16.8 Å². The molecular weight excluding hydrogens is 434 g/mol. The predicted octanol–water partition coefficient (Wildman–Crippen LogP) is 4.77. The first-order valence-electron chi connectivity index (χ1n) is 12.2. The van der Waals surface area contributed by atoms with E-state index in [2.05, 4.69) is 17.3 Å². The van der Waals surface area contributed by atoms with Gasteiger partial charge in [-0.2, -0.15) is 5.10 Å². The Balaban J connectivity index is 1.32. The third-order valence-electron chi connectivity index (χ3n) is 7.71. The van der Waals surface area contributed by atoms with Gasteiger partial charge in [0.25, 0.3) is 5.91 Å². The fourth-order valence-electron chi connectivity index (χ4n) is 6.42. The van der Waals surface area contributed by atoms with E-state index in [1.165, 1.54) is 39.2 Å². The van der Waals surface area contributed by atoms with Crippen molar-refractivity contribution in [1.29, 1.82) is 0 Å². The van der Waals surface area contributed by atoms with Crippen LogP contribution in [0.4, 0.5) is 0 Å². The fourth-order valence-corrected chi connectivity index (χ4v) is 7.38. The lowest BCUT2D eigenvalue weighted by molar-refractivity contribution is -0.0120. The molecule has 4 aliphatic carbocycles. The summed E-state index contributed by atoms with van der Waals surface area (Å²) in [6, 6.07) is 7.68. The van der Waals surface area contributed by atoms with E-state index >= 15 is 0 Å². The van der Waals surface area contributed by atoms with E-state index in [9.17, 15) is 9.59 Å². The van der Waals surface area contributed by atoms with Crippen LogP contribution in [-0.4, -0.2) is 40.6 Å². The summed E-state index contributed by atoms with van der Waals surface area (Å²) < 4.78 is 6.70. The van der Waals surface area contributed by atoms with Crippen LogP contribution in [0.1, 0.15) is 71.7 Å². The molecule has 1 heterocycles. The monoisotopic (exact) mass is 467 g/mol. The van der Waals surface area contributed by atoms with Crippen molar-refractivity contribution < 1.29 is 14.3 Å². The Hall–Kier alpha value is -2.28. The predicted molar refractivity (Wildman–Crippen MR) is 128 cm³/mol. The number of hydrogen-bond donors (Lipinski definition) is 1. The van der Waals surface area contributed by atoms with Crippen molar-refractivity contribution in [2.24, 2.45) is 23.7 Å². The van der Waals surface area contributed by atoms with E-state index in [-0.39, 0.29) is 11.9 Å². The number of methoxy groups -OCH3 is 1. The van der Waals surface area contributed by atoms with Crippen LogP contribution >= 0.6 is 11.8 Å². The van der Waals surface area contributed by atoms with Gasteiger partial charge in [0.2, 0.25) is 0 Å². The molecular formula is C26H33N3O3S. The van der Waals surface area contributed by atoms with Crippen LogP contribution < -0.4 is 5.32 Å². The third kappa shape index (κ3) is 4.57. The van der Waals surface area contributed by atoms with Gasteiger partial charge in [0.05, 0.1) is 31.0 Å². The molecule has 1 amide bonds. The zero-order chi connectivity index (χ0) is 22.9. The lowest BCUT2D eigenvalue weighted by Crippen LogP contribution is -2.55. The molecule has 4 bridgehead atoms. The number of nitrogens with one attached hydrogen (secondary N) is 1. The van der Waals surface area contributed by atoms with Gasteiger partial charge in [-0.15, -0.1) is 11.8 Å². The summed E-state index contributed by atoms with van der Waals surface area (Å²) >= 11 is 1.70. The molecule has 7 heteroatoms. The molecule has 4 saturated carbocycles. The van der Waals surface area contributed by atoms with Crippen LogP contribution in [0.3, 0.4) is 0 Å². The number of amides is 1. The Morgan fingerprint density at radius 1 is 1.09 bits per heavy atom. The Kier molecular flexibility index (Phi) is 6.50. The van der Waals surface area contributed by atoms with E-state index in [0.29, 0.717) is 35.5 Å². The first kappa shape index (κ1) is 22.5. The van der Waals surface area contributed by atoms with Crippen molar-refractivity contribution in [2.75, 3.05) is 12.9 Å². The maximum Gasteiger partial charge on any atom is 0.337 e. The smallest absolute Gasteiger partial charge is 0.337 e. The highest BCUT2D eigenvalue weighted by molar-refractivity contribution is 7.99. The van der Waals surface area contributed by atoms with Gasteiger partial charge in [-0.05, 0) is 85.6 Å². The molecule has 4 fully saturated rings. The molecule has 33 heavy (non-hydrogen) atoms. The van der Waals surface area contributed by atoms with Crippen molar-refractivity contribution in [3.05, 3.63) is 47.2 Å². The summed E-state index contributed by atoms with van der Waals surface area (Å²) in [6.07, 6.45) is 9.32. The Labute approximate surface area is 199 Å². The average Bonchev–Trinajstić information content (AvgIpc) is 3.21. The van der Waals surface area contributed by atoms with Gasteiger partial charge in [-0.25, -0.2) is 4.79 Å². The van der Waals surface area contributed by atoms with E-state index in [1.54, 1.807) is 30.1 Å². The van der Waals surface area contributed by atoms with Gasteiger partial charge >= 0.3 is 5.97 Å². The number of ether oxygens (including phenoxy) is 1. The summed E-state index contributed by atoms with van der Waals surface area (Å²) in [5, 5.41) is 8.95. The zero-order valence-corrected chi connectivity index (χ0v) is 20.3. The van der Waals surface area contributed by atoms with Crippen molar-refractivity contribution >= 4 is 23.6 Å². The maximum absolute atomic E-state index is 13.4. The van der Waals surface area contributed by atoms with Gasteiger partial charge < -0.3 is 10.1 Å². The van der Waals surface area contributed by atoms with E-state index in [4.69, 9.17) is 4.74 Å². The minimum absolute atomic E-state index is 0.0263. The normalized spacial score (nSPS) is 27.5. The molecule has 1 aromatic carbocycles. The van der Waals surface area contributed by atoms with Crippen LogP contribution in [0.15, 0.2) is 35.5 Å². The summed E-state index contributed by atoms with van der Waals surface area (Å²) in [5.74, 6) is 3.71. The topological polar surface area (TPSA) is 73.2 Å². The minimum atomic E-state index is -0.344. The standard InChI is InChI=1S/C26H33N3O3S/c1-3-8-33-25-22(14-27-29(25)15-16-4-6-19(7-5-16)26(31)32-2)24(30)28-23-20-10-17-9-18(12-20)13-21(23)11-17/h4-7,14,17-18,20-21,23H,3,8-13,15H2,1-2H3,(H,28,30). The molecule has 6 rings (SSSR count). The van der Waals surface area contributed by atoms with Crippen LogP contribution in [0, 0.1) is 23.7 Å². The minimum Gasteiger partial charge on any atom is -0.465 e. The van der Waals surface area contributed by atoms with Gasteiger partial charge in [0, 0.05) is 6.04 Å². The fraction of sp³-hybridized carbons (Fsp3) is 0.577. The first-order chi connectivity index (χ1) is 16.1. The summed E-state index contributed by atoms with van der Waals surface area (Å²) in [4.78, 5) is 25.1. The number of aromatic nitrogens is 2. The third-order valence-corrected chi connectivity index (χ3v) is 9.03. The van der Waals surface area contributed by atoms with E-state index < -0.39 is 0 Å². The van der Waals surface area contributed by atoms with Gasteiger partial charge in [-0.3, -0.25) is 9.48 Å². The lowest BCUT2D eigenvalue weighted by atomic mass is 9.54.